The van der Waals surface area contributed by atoms with Gasteiger partial charge < -0.3 is 11.1 Å². The van der Waals surface area contributed by atoms with Crippen molar-refractivity contribution in [3.63, 3.8) is 0 Å². The zero-order chi connectivity index (χ0) is 16.9. The number of benzene rings is 2. The molecule has 24 heavy (non-hydrogen) atoms. The van der Waals surface area contributed by atoms with Gasteiger partial charge in [-0.3, -0.25) is 4.79 Å². The van der Waals surface area contributed by atoms with Crippen LogP contribution in [0.15, 0.2) is 65.8 Å². The molecule has 6 heteroatoms. The average Bonchev–Trinajstić information content (AvgIpc) is 2.64. The fourth-order valence-electron chi connectivity index (χ4n) is 2.19. The van der Waals surface area contributed by atoms with Crippen LogP contribution in [0.1, 0.15) is 10.4 Å². The van der Waals surface area contributed by atoms with Crippen molar-refractivity contribution in [3.05, 3.63) is 66.5 Å². The number of carbonyl (C=O) groups is 1. The molecule has 5 nitrogen and oxygen atoms in total. The fraction of sp³-hybridized carbons (Fsp3) is 0.0556. The van der Waals surface area contributed by atoms with Crippen LogP contribution in [0.5, 0.6) is 0 Å². The normalized spacial score (nSPS) is 10.4. The Labute approximate surface area is 144 Å². The van der Waals surface area contributed by atoms with E-state index in [0.29, 0.717) is 22.8 Å². The van der Waals surface area contributed by atoms with Crippen LogP contribution in [-0.4, -0.2) is 22.1 Å². The summed E-state index contributed by atoms with van der Waals surface area (Å²) in [6, 6.07) is 14.5. The molecule has 0 aliphatic carbocycles. The first-order valence-corrected chi connectivity index (χ1v) is 8.52. The van der Waals surface area contributed by atoms with Crippen molar-refractivity contribution in [1.29, 1.82) is 0 Å². The molecule has 0 saturated heterocycles. The summed E-state index contributed by atoms with van der Waals surface area (Å²) in [6.07, 6.45) is 5.33. The maximum atomic E-state index is 12.4. The topological polar surface area (TPSA) is 80.9 Å². The second-order valence-electron chi connectivity index (χ2n) is 5.06. The van der Waals surface area contributed by atoms with Crippen molar-refractivity contribution in [2.75, 3.05) is 17.3 Å². The summed E-state index contributed by atoms with van der Waals surface area (Å²) in [5, 5.41) is 2.85. The van der Waals surface area contributed by atoms with Crippen LogP contribution in [0.4, 0.5) is 11.4 Å². The number of amides is 1. The molecule has 2 aromatic carbocycles. The summed E-state index contributed by atoms with van der Waals surface area (Å²) in [5.74, 6) is 0.373. The number of rotatable bonds is 4. The quantitative estimate of drug-likeness (QED) is 0.561. The van der Waals surface area contributed by atoms with Gasteiger partial charge in [0.25, 0.3) is 5.91 Å². The molecule has 0 bridgehead atoms. The molecule has 0 unspecified atom stereocenters. The lowest BCUT2D eigenvalue weighted by Crippen LogP contribution is -2.13. The number of anilines is 2. The Balaban J connectivity index is 1.85. The molecule has 1 aromatic heterocycles. The molecule has 0 atom stereocenters. The van der Waals surface area contributed by atoms with Gasteiger partial charge in [-0.05, 0) is 54.8 Å². The summed E-state index contributed by atoms with van der Waals surface area (Å²) in [7, 11) is 0. The fourth-order valence-corrected chi connectivity index (χ4v) is 2.60. The van der Waals surface area contributed by atoms with E-state index in [-0.39, 0.29) is 5.91 Å². The number of hydrogen-bond donors (Lipinski definition) is 2. The monoisotopic (exact) mass is 336 g/mol. The van der Waals surface area contributed by atoms with Crippen molar-refractivity contribution in [2.45, 2.75) is 4.90 Å². The highest BCUT2D eigenvalue weighted by molar-refractivity contribution is 7.98. The lowest BCUT2D eigenvalue weighted by molar-refractivity contribution is 0.102. The van der Waals surface area contributed by atoms with E-state index < -0.39 is 0 Å². The Morgan fingerprint density at radius 3 is 2.46 bits per heavy atom. The van der Waals surface area contributed by atoms with Crippen molar-refractivity contribution < 1.29 is 4.79 Å². The number of carbonyl (C=O) groups excluding carboxylic acids is 1. The first-order valence-electron chi connectivity index (χ1n) is 7.29. The van der Waals surface area contributed by atoms with Gasteiger partial charge in [-0.15, -0.1) is 11.8 Å². The van der Waals surface area contributed by atoms with E-state index in [2.05, 4.69) is 15.3 Å². The van der Waals surface area contributed by atoms with Gasteiger partial charge in [0.05, 0.1) is 11.4 Å². The van der Waals surface area contributed by atoms with E-state index in [1.807, 2.05) is 24.5 Å². The first-order chi connectivity index (χ1) is 11.7. The van der Waals surface area contributed by atoms with E-state index in [9.17, 15) is 4.79 Å². The second-order valence-corrected chi connectivity index (χ2v) is 5.94. The molecule has 120 valence electrons. The molecular weight excluding hydrogens is 320 g/mol. The molecule has 0 fully saturated rings. The van der Waals surface area contributed by atoms with Gasteiger partial charge in [-0.2, -0.15) is 0 Å². The average molecular weight is 336 g/mol. The Hall–Kier alpha value is -2.86. The molecular formula is C18H16N4OS. The number of thioether (sulfide) groups is 1. The summed E-state index contributed by atoms with van der Waals surface area (Å²) < 4.78 is 0. The minimum absolute atomic E-state index is 0.208. The number of nitrogens with zero attached hydrogens (tertiary/aromatic N) is 2. The van der Waals surface area contributed by atoms with E-state index in [1.54, 1.807) is 54.5 Å². The maximum absolute atomic E-state index is 12.4. The lowest BCUT2D eigenvalue weighted by Gasteiger charge is -2.10. The third kappa shape index (κ3) is 3.55. The largest absolute Gasteiger partial charge is 0.397 e. The molecule has 3 aromatic rings. The third-order valence-electron chi connectivity index (χ3n) is 3.48. The van der Waals surface area contributed by atoms with Gasteiger partial charge in [-0.1, -0.05) is 0 Å². The van der Waals surface area contributed by atoms with Crippen LogP contribution in [0.25, 0.3) is 11.4 Å². The van der Waals surface area contributed by atoms with Gasteiger partial charge >= 0.3 is 0 Å². The van der Waals surface area contributed by atoms with Crippen LogP contribution >= 0.6 is 11.8 Å². The summed E-state index contributed by atoms with van der Waals surface area (Å²) >= 11 is 1.63. The van der Waals surface area contributed by atoms with Crippen molar-refractivity contribution >= 4 is 29.0 Å². The number of hydrogen-bond acceptors (Lipinski definition) is 5. The molecule has 3 rings (SSSR count). The number of nitrogens with two attached hydrogens (primary N) is 1. The smallest absolute Gasteiger partial charge is 0.255 e. The van der Waals surface area contributed by atoms with Gasteiger partial charge in [-0.25, -0.2) is 9.97 Å². The third-order valence-corrected chi connectivity index (χ3v) is 4.22. The van der Waals surface area contributed by atoms with E-state index in [0.717, 1.165) is 10.5 Å². The first kappa shape index (κ1) is 16.0. The highest BCUT2D eigenvalue weighted by Gasteiger charge is 2.10. The highest BCUT2D eigenvalue weighted by atomic mass is 32.2. The molecule has 0 radical (unpaired) electrons. The Morgan fingerprint density at radius 2 is 1.79 bits per heavy atom. The number of nitrogen functional groups attached to an aromatic ring is 1. The molecule has 0 saturated carbocycles. The van der Waals surface area contributed by atoms with Crippen LogP contribution in [-0.2, 0) is 0 Å². The maximum Gasteiger partial charge on any atom is 0.255 e. The van der Waals surface area contributed by atoms with Crippen molar-refractivity contribution in [2.24, 2.45) is 0 Å². The van der Waals surface area contributed by atoms with Crippen LogP contribution in [0, 0.1) is 0 Å². The van der Waals surface area contributed by atoms with Crippen molar-refractivity contribution in [3.8, 4) is 11.4 Å². The second kappa shape index (κ2) is 7.14. The highest BCUT2D eigenvalue weighted by Crippen LogP contribution is 2.25. The standard InChI is InChI=1S/C18H16N4OS/c1-24-14-6-3-12(4-7-14)18(23)22-16-11-13(5-8-15(16)19)17-20-9-2-10-21-17/h2-11H,19H2,1H3,(H,22,23). The Morgan fingerprint density at radius 1 is 1.08 bits per heavy atom. The van der Waals surface area contributed by atoms with E-state index in [4.69, 9.17) is 5.73 Å². The van der Waals surface area contributed by atoms with Gasteiger partial charge in [0.1, 0.15) is 0 Å². The predicted molar refractivity (Wildman–Crippen MR) is 98.1 cm³/mol. The van der Waals surface area contributed by atoms with E-state index >= 15 is 0 Å². The number of nitrogens with one attached hydrogen (secondary N) is 1. The molecule has 1 amide bonds. The summed E-state index contributed by atoms with van der Waals surface area (Å²) in [4.78, 5) is 21.9. The van der Waals surface area contributed by atoms with Gasteiger partial charge in [0.15, 0.2) is 5.82 Å². The van der Waals surface area contributed by atoms with E-state index in [1.165, 1.54) is 0 Å². The zero-order valence-electron chi connectivity index (χ0n) is 13.1. The zero-order valence-corrected chi connectivity index (χ0v) is 13.9. The molecule has 1 heterocycles. The molecule has 0 spiro atoms. The SMILES string of the molecule is CSc1ccc(C(=O)Nc2cc(-c3ncccn3)ccc2N)cc1. The summed E-state index contributed by atoms with van der Waals surface area (Å²) in [5.41, 5.74) is 8.38. The Bertz CT molecular complexity index is 851. The van der Waals surface area contributed by atoms with Gasteiger partial charge in [0, 0.05) is 28.4 Å². The van der Waals surface area contributed by atoms with Gasteiger partial charge in [0.2, 0.25) is 0 Å². The lowest BCUT2D eigenvalue weighted by atomic mass is 10.1. The minimum atomic E-state index is -0.208. The van der Waals surface area contributed by atoms with Crippen LogP contribution in [0.3, 0.4) is 0 Å². The molecule has 0 aliphatic rings. The minimum Gasteiger partial charge on any atom is -0.397 e. The number of aromatic nitrogens is 2. The van der Waals surface area contributed by atoms with Crippen LogP contribution in [0.2, 0.25) is 0 Å². The summed E-state index contributed by atoms with van der Waals surface area (Å²) in [6.45, 7) is 0. The molecule has 0 aliphatic heterocycles. The van der Waals surface area contributed by atoms with Crippen molar-refractivity contribution in [1.82, 2.24) is 9.97 Å². The van der Waals surface area contributed by atoms with Crippen LogP contribution < -0.4 is 11.1 Å². The molecule has 3 N–H and O–H groups in total. The predicted octanol–water partition coefficient (Wildman–Crippen LogP) is 3.70. The Kier molecular flexibility index (Phi) is 4.77.